The molecule has 0 amide bonds. The van der Waals surface area contributed by atoms with Gasteiger partial charge in [0.2, 0.25) is 0 Å². The maximum Gasteiger partial charge on any atom is 0.0705 e. The molecule has 1 fully saturated rings. The van der Waals surface area contributed by atoms with E-state index in [-0.39, 0.29) is 0 Å². The molecule has 1 aliphatic heterocycles. The summed E-state index contributed by atoms with van der Waals surface area (Å²) in [6.07, 6.45) is 4.15. The third kappa shape index (κ3) is 2.00. The average molecular weight is 241 g/mol. The maximum absolute atomic E-state index is 6.02. The van der Waals surface area contributed by atoms with Gasteiger partial charge in [0.15, 0.2) is 0 Å². The lowest BCUT2D eigenvalue weighted by Gasteiger charge is -2.36. The quantitative estimate of drug-likeness (QED) is 0.833. The van der Waals surface area contributed by atoms with Gasteiger partial charge in [-0.2, -0.15) is 0 Å². The molecule has 1 aliphatic rings. The average Bonchev–Trinajstić information content (AvgIpc) is 2.38. The van der Waals surface area contributed by atoms with Crippen molar-refractivity contribution in [1.29, 1.82) is 0 Å². The Labute approximate surface area is 108 Å². The van der Waals surface area contributed by atoms with E-state index >= 15 is 0 Å². The molecule has 94 valence electrons. The maximum atomic E-state index is 6.02. The first-order chi connectivity index (χ1) is 8.75. The van der Waals surface area contributed by atoms with Crippen molar-refractivity contribution in [2.45, 2.75) is 24.9 Å². The lowest BCUT2D eigenvalue weighted by molar-refractivity contribution is 0.171. The number of aromatic nitrogens is 1. The lowest BCUT2D eigenvalue weighted by Crippen LogP contribution is -2.42. The van der Waals surface area contributed by atoms with Gasteiger partial charge in [-0.1, -0.05) is 18.2 Å². The summed E-state index contributed by atoms with van der Waals surface area (Å²) in [6, 6.07) is 11.3. The summed E-state index contributed by atoms with van der Waals surface area (Å²) in [5, 5.41) is 1.27. The molecular weight excluding hydrogens is 222 g/mol. The Morgan fingerprint density at radius 3 is 2.89 bits per heavy atom. The summed E-state index contributed by atoms with van der Waals surface area (Å²) in [5.41, 5.74) is 8.49. The summed E-state index contributed by atoms with van der Waals surface area (Å²) in [7, 11) is 2.17. The van der Waals surface area contributed by atoms with Crippen molar-refractivity contribution in [2.75, 3.05) is 13.6 Å². The summed E-state index contributed by atoms with van der Waals surface area (Å²) >= 11 is 0. The van der Waals surface area contributed by atoms with E-state index in [1.54, 1.807) is 0 Å². The van der Waals surface area contributed by atoms with Gasteiger partial charge in [-0.15, -0.1) is 0 Å². The monoisotopic (exact) mass is 241 g/mol. The minimum absolute atomic E-state index is 0.319. The number of likely N-dealkylation sites (N-methyl/N-ethyl adjacent to an activating group) is 1. The number of nitrogens with two attached hydrogens (primary N) is 1. The van der Waals surface area contributed by atoms with Gasteiger partial charge in [0.1, 0.15) is 0 Å². The van der Waals surface area contributed by atoms with Gasteiger partial charge in [-0.05, 0) is 37.6 Å². The molecule has 0 saturated carbocycles. The molecule has 2 aromatic rings. The van der Waals surface area contributed by atoms with Gasteiger partial charge in [-0.25, -0.2) is 0 Å². The first kappa shape index (κ1) is 11.6. The number of nitrogens with zero attached hydrogens (tertiary/aromatic N) is 2. The number of hydrogen-bond donors (Lipinski definition) is 1. The van der Waals surface area contributed by atoms with Crippen LogP contribution in [-0.4, -0.2) is 29.5 Å². The van der Waals surface area contributed by atoms with E-state index in [1.807, 2.05) is 12.3 Å². The molecular formula is C15H19N3. The number of piperidine rings is 1. The molecule has 2 heterocycles. The highest BCUT2D eigenvalue weighted by Gasteiger charge is 2.25. The van der Waals surface area contributed by atoms with Crippen LogP contribution in [0.4, 0.5) is 0 Å². The van der Waals surface area contributed by atoms with Crippen LogP contribution in [0.15, 0.2) is 36.5 Å². The van der Waals surface area contributed by atoms with Gasteiger partial charge in [0.05, 0.1) is 5.52 Å². The van der Waals surface area contributed by atoms with Crippen molar-refractivity contribution < 1.29 is 0 Å². The topological polar surface area (TPSA) is 42.1 Å². The molecule has 2 N–H and O–H groups in total. The fourth-order valence-electron chi connectivity index (χ4n) is 2.98. The van der Waals surface area contributed by atoms with Crippen molar-refractivity contribution in [3.63, 3.8) is 0 Å². The summed E-state index contributed by atoms with van der Waals surface area (Å²) < 4.78 is 0. The van der Waals surface area contributed by atoms with Gasteiger partial charge >= 0.3 is 0 Å². The second kappa shape index (κ2) is 4.67. The SMILES string of the molecule is CN1CC(N)CCC1c1ccnc2ccccc12. The van der Waals surface area contributed by atoms with E-state index in [9.17, 15) is 0 Å². The van der Waals surface area contributed by atoms with Crippen LogP contribution in [-0.2, 0) is 0 Å². The van der Waals surface area contributed by atoms with Crippen molar-refractivity contribution in [1.82, 2.24) is 9.88 Å². The second-order valence-corrected chi connectivity index (χ2v) is 5.21. The number of fused-ring (bicyclic) bond motifs is 1. The van der Waals surface area contributed by atoms with Crippen LogP contribution in [0.5, 0.6) is 0 Å². The predicted molar refractivity (Wildman–Crippen MR) is 74.3 cm³/mol. The molecule has 2 unspecified atom stereocenters. The summed E-state index contributed by atoms with van der Waals surface area (Å²) in [5.74, 6) is 0. The molecule has 0 bridgehead atoms. The van der Waals surface area contributed by atoms with Crippen LogP contribution < -0.4 is 5.73 Å². The number of likely N-dealkylation sites (tertiary alicyclic amines) is 1. The minimum Gasteiger partial charge on any atom is -0.327 e. The van der Waals surface area contributed by atoms with E-state index in [2.05, 4.69) is 41.2 Å². The van der Waals surface area contributed by atoms with E-state index < -0.39 is 0 Å². The van der Waals surface area contributed by atoms with Crippen LogP contribution in [0.2, 0.25) is 0 Å². The summed E-state index contributed by atoms with van der Waals surface area (Å²) in [4.78, 5) is 6.80. The Bertz CT molecular complexity index is 547. The van der Waals surface area contributed by atoms with Crippen LogP contribution in [0.1, 0.15) is 24.4 Å². The Kier molecular flexibility index (Phi) is 3.02. The van der Waals surface area contributed by atoms with Crippen molar-refractivity contribution in [2.24, 2.45) is 5.73 Å². The number of para-hydroxylation sites is 1. The number of rotatable bonds is 1. The highest BCUT2D eigenvalue weighted by Crippen LogP contribution is 2.32. The molecule has 3 heteroatoms. The first-order valence-electron chi connectivity index (χ1n) is 6.55. The number of pyridine rings is 1. The van der Waals surface area contributed by atoms with Crippen molar-refractivity contribution in [3.8, 4) is 0 Å². The Hall–Kier alpha value is -1.45. The molecule has 3 nitrogen and oxygen atoms in total. The zero-order chi connectivity index (χ0) is 12.5. The predicted octanol–water partition coefficient (Wildman–Crippen LogP) is 2.33. The van der Waals surface area contributed by atoms with Gasteiger partial charge < -0.3 is 5.73 Å². The molecule has 2 atom stereocenters. The minimum atomic E-state index is 0.319. The fourth-order valence-corrected chi connectivity index (χ4v) is 2.98. The van der Waals surface area contributed by atoms with Crippen molar-refractivity contribution in [3.05, 3.63) is 42.1 Å². The van der Waals surface area contributed by atoms with E-state index in [0.717, 1.165) is 24.9 Å². The van der Waals surface area contributed by atoms with Gasteiger partial charge in [-0.3, -0.25) is 9.88 Å². The number of benzene rings is 1. The van der Waals surface area contributed by atoms with E-state index in [1.165, 1.54) is 10.9 Å². The Balaban J connectivity index is 2.04. The van der Waals surface area contributed by atoms with Crippen LogP contribution in [0.3, 0.4) is 0 Å². The summed E-state index contributed by atoms with van der Waals surface area (Å²) in [6.45, 7) is 0.974. The zero-order valence-corrected chi connectivity index (χ0v) is 10.7. The highest BCUT2D eigenvalue weighted by atomic mass is 15.2. The smallest absolute Gasteiger partial charge is 0.0705 e. The standard InChI is InChI=1S/C15H19N3/c1-18-10-11(16)6-7-15(18)13-8-9-17-14-5-3-2-4-12(13)14/h2-5,8-9,11,15H,6-7,10,16H2,1H3. The molecule has 1 aromatic carbocycles. The molecule has 0 aliphatic carbocycles. The van der Waals surface area contributed by atoms with Crippen LogP contribution in [0.25, 0.3) is 10.9 Å². The van der Waals surface area contributed by atoms with Gasteiger partial charge in [0, 0.05) is 30.2 Å². The Morgan fingerprint density at radius 2 is 2.06 bits per heavy atom. The molecule has 1 saturated heterocycles. The Morgan fingerprint density at radius 1 is 1.22 bits per heavy atom. The molecule has 0 radical (unpaired) electrons. The second-order valence-electron chi connectivity index (χ2n) is 5.21. The highest BCUT2D eigenvalue weighted by molar-refractivity contribution is 5.82. The van der Waals surface area contributed by atoms with E-state index in [4.69, 9.17) is 5.73 Å². The molecule has 18 heavy (non-hydrogen) atoms. The third-order valence-electron chi connectivity index (χ3n) is 3.91. The van der Waals surface area contributed by atoms with Crippen LogP contribution in [0, 0.1) is 0 Å². The van der Waals surface area contributed by atoms with Gasteiger partial charge in [0.25, 0.3) is 0 Å². The molecule has 1 aromatic heterocycles. The first-order valence-corrected chi connectivity index (χ1v) is 6.55. The molecule has 3 rings (SSSR count). The van der Waals surface area contributed by atoms with Crippen LogP contribution >= 0.6 is 0 Å². The number of hydrogen-bond acceptors (Lipinski definition) is 3. The normalized spacial score (nSPS) is 25.4. The van der Waals surface area contributed by atoms with Crippen molar-refractivity contribution >= 4 is 10.9 Å². The fraction of sp³-hybridized carbons (Fsp3) is 0.400. The zero-order valence-electron chi connectivity index (χ0n) is 10.7. The largest absolute Gasteiger partial charge is 0.327 e. The van der Waals surface area contributed by atoms with E-state index in [0.29, 0.717) is 12.1 Å². The third-order valence-corrected chi connectivity index (χ3v) is 3.91. The molecule has 0 spiro atoms. The lowest BCUT2D eigenvalue weighted by atomic mass is 9.92.